The quantitative estimate of drug-likeness (QED) is 0.701. The van der Waals surface area contributed by atoms with E-state index in [4.69, 9.17) is 4.42 Å². The predicted octanol–water partition coefficient (Wildman–Crippen LogP) is 5.02. The Hall–Kier alpha value is -2.12. The van der Waals surface area contributed by atoms with Crippen molar-refractivity contribution in [2.24, 2.45) is 0 Å². The Labute approximate surface area is 141 Å². The summed E-state index contributed by atoms with van der Waals surface area (Å²) in [7, 11) is 0. The van der Waals surface area contributed by atoms with Crippen molar-refractivity contribution in [1.82, 2.24) is 10.3 Å². The molecule has 0 atom stereocenters. The van der Waals surface area contributed by atoms with E-state index in [1.54, 1.807) is 12.3 Å². The first kappa shape index (κ1) is 16.7. The Morgan fingerprint density at radius 1 is 1.17 bits per heavy atom. The maximum absolute atomic E-state index is 12.7. The summed E-state index contributed by atoms with van der Waals surface area (Å²) in [5, 5.41) is 3.97. The molecule has 3 nitrogen and oxygen atoms in total. The number of aromatic nitrogens is 1. The zero-order valence-electron chi connectivity index (χ0n) is 12.9. The molecular weight excluding hydrogens is 337 g/mol. The maximum Gasteiger partial charge on any atom is 0.416 e. The van der Waals surface area contributed by atoms with E-state index in [0.29, 0.717) is 18.7 Å². The topological polar surface area (TPSA) is 38.1 Å². The lowest BCUT2D eigenvalue weighted by Gasteiger charge is -2.09. The van der Waals surface area contributed by atoms with E-state index in [2.05, 4.69) is 10.3 Å². The highest BCUT2D eigenvalue weighted by molar-refractivity contribution is 7.15. The zero-order valence-corrected chi connectivity index (χ0v) is 13.7. The highest BCUT2D eigenvalue weighted by Gasteiger charge is 2.30. The fraction of sp³-hybridized carbons (Fsp3) is 0.235. The van der Waals surface area contributed by atoms with E-state index in [1.807, 2.05) is 19.1 Å². The van der Waals surface area contributed by atoms with Gasteiger partial charge < -0.3 is 9.73 Å². The average molecular weight is 352 g/mol. The van der Waals surface area contributed by atoms with Crippen molar-refractivity contribution in [3.63, 3.8) is 0 Å². The Morgan fingerprint density at radius 2 is 2.00 bits per heavy atom. The molecule has 0 spiro atoms. The minimum absolute atomic E-state index is 0.346. The fourth-order valence-corrected chi connectivity index (χ4v) is 3.09. The number of furan rings is 1. The highest BCUT2D eigenvalue weighted by atomic mass is 32.1. The standard InChI is InChI=1S/C17H15F3N2OS/c1-11-5-6-14(23-11)15-9-22-16(24-15)10-21-8-12-3-2-4-13(7-12)17(18,19)20/h2-7,9,21H,8,10H2,1H3. The number of benzene rings is 1. The summed E-state index contributed by atoms with van der Waals surface area (Å²) in [6.07, 6.45) is -2.58. The van der Waals surface area contributed by atoms with Crippen LogP contribution in [-0.4, -0.2) is 4.98 Å². The van der Waals surface area contributed by atoms with Gasteiger partial charge in [-0.15, -0.1) is 11.3 Å². The summed E-state index contributed by atoms with van der Waals surface area (Å²) >= 11 is 1.49. The molecule has 3 rings (SSSR count). The first-order valence-corrected chi connectivity index (χ1v) is 8.12. The Balaban J connectivity index is 1.58. The molecular formula is C17H15F3N2OS. The molecule has 1 N–H and O–H groups in total. The monoisotopic (exact) mass is 352 g/mol. The van der Waals surface area contributed by atoms with Crippen LogP contribution >= 0.6 is 11.3 Å². The van der Waals surface area contributed by atoms with Gasteiger partial charge in [-0.25, -0.2) is 4.98 Å². The van der Waals surface area contributed by atoms with Gasteiger partial charge in [0.05, 0.1) is 10.4 Å². The van der Waals surface area contributed by atoms with E-state index < -0.39 is 11.7 Å². The normalized spacial score (nSPS) is 11.8. The van der Waals surface area contributed by atoms with Crippen LogP contribution in [0.15, 0.2) is 47.0 Å². The van der Waals surface area contributed by atoms with E-state index in [9.17, 15) is 13.2 Å². The number of hydrogen-bond acceptors (Lipinski definition) is 4. The number of nitrogens with one attached hydrogen (secondary N) is 1. The number of rotatable bonds is 5. The molecule has 2 heterocycles. The lowest BCUT2D eigenvalue weighted by Crippen LogP contribution is -2.13. The molecule has 0 saturated heterocycles. The number of hydrogen-bond donors (Lipinski definition) is 1. The molecule has 0 aliphatic heterocycles. The summed E-state index contributed by atoms with van der Waals surface area (Å²) < 4.78 is 43.6. The van der Waals surface area contributed by atoms with E-state index >= 15 is 0 Å². The van der Waals surface area contributed by atoms with Crippen LogP contribution in [0.5, 0.6) is 0 Å². The summed E-state index contributed by atoms with van der Waals surface area (Å²) in [6.45, 7) is 2.71. The third-order valence-electron chi connectivity index (χ3n) is 3.40. The second kappa shape index (κ2) is 6.78. The van der Waals surface area contributed by atoms with E-state index in [0.717, 1.165) is 33.5 Å². The van der Waals surface area contributed by atoms with Gasteiger partial charge in [-0.3, -0.25) is 0 Å². The SMILES string of the molecule is Cc1ccc(-c2cnc(CNCc3cccc(C(F)(F)F)c3)s2)o1. The van der Waals surface area contributed by atoms with Crippen molar-refractivity contribution in [3.05, 3.63) is 64.5 Å². The third-order valence-corrected chi connectivity index (χ3v) is 4.41. The molecule has 0 radical (unpaired) electrons. The lowest BCUT2D eigenvalue weighted by molar-refractivity contribution is -0.137. The molecule has 0 aliphatic rings. The predicted molar refractivity (Wildman–Crippen MR) is 86.5 cm³/mol. The van der Waals surface area contributed by atoms with Gasteiger partial charge >= 0.3 is 6.18 Å². The van der Waals surface area contributed by atoms with Crippen molar-refractivity contribution in [2.45, 2.75) is 26.2 Å². The number of nitrogens with zero attached hydrogens (tertiary/aromatic N) is 1. The van der Waals surface area contributed by atoms with Crippen molar-refractivity contribution >= 4 is 11.3 Å². The van der Waals surface area contributed by atoms with Gasteiger partial charge in [0.15, 0.2) is 0 Å². The van der Waals surface area contributed by atoms with Crippen LogP contribution in [0.4, 0.5) is 13.2 Å². The van der Waals surface area contributed by atoms with Gasteiger partial charge in [0.1, 0.15) is 16.5 Å². The molecule has 7 heteroatoms. The van der Waals surface area contributed by atoms with E-state index in [-0.39, 0.29) is 0 Å². The van der Waals surface area contributed by atoms with Crippen molar-refractivity contribution in [1.29, 1.82) is 0 Å². The summed E-state index contributed by atoms with van der Waals surface area (Å²) in [5.74, 6) is 1.61. The second-order valence-electron chi connectivity index (χ2n) is 5.33. The van der Waals surface area contributed by atoms with Gasteiger partial charge in [-0.05, 0) is 30.7 Å². The van der Waals surface area contributed by atoms with E-state index in [1.165, 1.54) is 17.4 Å². The minimum atomic E-state index is -4.32. The van der Waals surface area contributed by atoms with Crippen molar-refractivity contribution < 1.29 is 17.6 Å². The maximum atomic E-state index is 12.7. The molecule has 0 bridgehead atoms. The molecule has 126 valence electrons. The summed E-state index contributed by atoms with van der Waals surface area (Å²) in [4.78, 5) is 5.24. The van der Waals surface area contributed by atoms with Crippen molar-refractivity contribution in [3.8, 4) is 10.6 Å². The Morgan fingerprint density at radius 3 is 2.71 bits per heavy atom. The van der Waals surface area contributed by atoms with Gasteiger partial charge in [0.25, 0.3) is 0 Å². The third kappa shape index (κ3) is 4.04. The van der Waals surface area contributed by atoms with Crippen LogP contribution in [0.2, 0.25) is 0 Å². The van der Waals surface area contributed by atoms with Crippen LogP contribution in [0, 0.1) is 6.92 Å². The molecule has 0 saturated carbocycles. The number of halogens is 3. The molecule has 24 heavy (non-hydrogen) atoms. The van der Waals surface area contributed by atoms with Gasteiger partial charge in [-0.1, -0.05) is 18.2 Å². The molecule has 1 aromatic carbocycles. The highest BCUT2D eigenvalue weighted by Crippen LogP contribution is 2.30. The minimum Gasteiger partial charge on any atom is -0.460 e. The number of thiazole rings is 1. The molecule has 0 amide bonds. The zero-order chi connectivity index (χ0) is 17.2. The van der Waals surface area contributed by atoms with Gasteiger partial charge in [0, 0.05) is 19.3 Å². The summed E-state index contributed by atoms with van der Waals surface area (Å²) in [6, 6.07) is 9.10. The van der Waals surface area contributed by atoms with Crippen LogP contribution < -0.4 is 5.32 Å². The first-order valence-electron chi connectivity index (χ1n) is 7.30. The Kier molecular flexibility index (Phi) is 4.73. The number of aryl methyl sites for hydroxylation is 1. The largest absolute Gasteiger partial charge is 0.460 e. The number of alkyl halides is 3. The molecule has 0 aliphatic carbocycles. The summed E-state index contributed by atoms with van der Waals surface area (Å²) in [5.41, 5.74) is -0.0465. The molecule has 0 fully saturated rings. The van der Waals surface area contributed by atoms with Crippen molar-refractivity contribution in [2.75, 3.05) is 0 Å². The molecule has 2 aromatic heterocycles. The first-order chi connectivity index (χ1) is 11.4. The Bertz CT molecular complexity index is 823. The van der Waals surface area contributed by atoms with Crippen LogP contribution in [0.3, 0.4) is 0 Å². The lowest BCUT2D eigenvalue weighted by atomic mass is 10.1. The average Bonchev–Trinajstić information content (AvgIpc) is 3.16. The smallest absolute Gasteiger partial charge is 0.416 e. The fourth-order valence-electron chi connectivity index (χ4n) is 2.24. The van der Waals surface area contributed by atoms with Crippen LogP contribution in [0.1, 0.15) is 21.9 Å². The van der Waals surface area contributed by atoms with Crippen LogP contribution in [0.25, 0.3) is 10.6 Å². The van der Waals surface area contributed by atoms with Gasteiger partial charge in [0.2, 0.25) is 0 Å². The van der Waals surface area contributed by atoms with Crippen LogP contribution in [-0.2, 0) is 19.3 Å². The second-order valence-corrected chi connectivity index (χ2v) is 6.45. The molecule has 0 unspecified atom stereocenters. The van der Waals surface area contributed by atoms with Gasteiger partial charge in [-0.2, -0.15) is 13.2 Å². The molecule has 3 aromatic rings.